The molecular formula is C14H13BrF2N2. The van der Waals surface area contributed by atoms with Crippen LogP contribution in [-0.2, 0) is 6.42 Å². The van der Waals surface area contributed by atoms with Crippen LogP contribution in [-0.4, -0.2) is 12.0 Å². The molecule has 1 atom stereocenters. The molecule has 2 aromatic rings. The Labute approximate surface area is 119 Å². The Kier molecular flexibility index (Phi) is 4.61. The maximum atomic E-state index is 13.2. The smallest absolute Gasteiger partial charge is 0.141 e. The van der Waals surface area contributed by atoms with E-state index in [2.05, 4.69) is 26.2 Å². The molecule has 5 heteroatoms. The molecule has 0 aliphatic rings. The first kappa shape index (κ1) is 14.1. The molecular weight excluding hydrogens is 314 g/mol. The van der Waals surface area contributed by atoms with Gasteiger partial charge in [-0.2, -0.15) is 0 Å². The third-order valence-corrected chi connectivity index (χ3v) is 3.51. The van der Waals surface area contributed by atoms with Crippen molar-refractivity contribution >= 4 is 15.9 Å². The molecule has 1 heterocycles. The summed E-state index contributed by atoms with van der Waals surface area (Å²) in [7, 11) is 1.80. The first-order valence-corrected chi connectivity index (χ1v) is 6.61. The average Bonchev–Trinajstić information content (AvgIpc) is 2.40. The van der Waals surface area contributed by atoms with Gasteiger partial charge in [0.05, 0.1) is 10.7 Å². The molecule has 1 N–H and O–H groups in total. The second kappa shape index (κ2) is 6.21. The van der Waals surface area contributed by atoms with Crippen LogP contribution in [0.15, 0.2) is 41.1 Å². The molecule has 0 saturated heterocycles. The number of nitrogens with zero attached hydrogens (tertiary/aromatic N) is 1. The Morgan fingerprint density at radius 1 is 1.26 bits per heavy atom. The monoisotopic (exact) mass is 326 g/mol. The lowest BCUT2D eigenvalue weighted by molar-refractivity contribution is 0.570. The van der Waals surface area contributed by atoms with Gasteiger partial charge in [-0.25, -0.2) is 8.78 Å². The molecule has 0 aliphatic carbocycles. The number of rotatable bonds is 4. The Hall–Kier alpha value is -1.33. The summed E-state index contributed by atoms with van der Waals surface area (Å²) in [6, 6.07) is 6.24. The number of hydrogen-bond donors (Lipinski definition) is 1. The number of hydrogen-bond acceptors (Lipinski definition) is 2. The number of halogens is 3. The molecule has 0 fully saturated rings. The summed E-state index contributed by atoms with van der Waals surface area (Å²) in [5, 5.41) is 3.11. The highest BCUT2D eigenvalue weighted by Crippen LogP contribution is 2.22. The molecule has 1 aromatic heterocycles. The van der Waals surface area contributed by atoms with Gasteiger partial charge in [0, 0.05) is 12.2 Å². The summed E-state index contributed by atoms with van der Waals surface area (Å²) in [5.41, 5.74) is 1.72. The molecule has 2 rings (SSSR count). The predicted octanol–water partition coefficient (Wildman–Crippen LogP) is 3.63. The van der Waals surface area contributed by atoms with Crippen molar-refractivity contribution in [2.24, 2.45) is 0 Å². The summed E-state index contributed by atoms with van der Waals surface area (Å²) < 4.78 is 26.8. The van der Waals surface area contributed by atoms with E-state index < -0.39 is 0 Å². The van der Waals surface area contributed by atoms with Crippen molar-refractivity contribution in [3.05, 3.63) is 63.9 Å². The molecule has 19 heavy (non-hydrogen) atoms. The summed E-state index contributed by atoms with van der Waals surface area (Å²) in [4.78, 5) is 3.84. The minimum atomic E-state index is -0.363. The van der Waals surface area contributed by atoms with Crippen LogP contribution in [0.1, 0.15) is 17.2 Å². The number of pyridine rings is 1. The van der Waals surface area contributed by atoms with Crippen LogP contribution in [0.3, 0.4) is 0 Å². The highest BCUT2D eigenvalue weighted by molar-refractivity contribution is 9.10. The predicted molar refractivity (Wildman–Crippen MR) is 73.8 cm³/mol. The van der Waals surface area contributed by atoms with Crippen LogP contribution in [0.4, 0.5) is 8.78 Å². The minimum Gasteiger partial charge on any atom is -0.313 e. The third kappa shape index (κ3) is 3.58. The Balaban J connectivity index is 2.21. The van der Waals surface area contributed by atoms with Gasteiger partial charge in [-0.15, -0.1) is 0 Å². The molecule has 0 radical (unpaired) electrons. The van der Waals surface area contributed by atoms with Gasteiger partial charge < -0.3 is 5.32 Å². The quantitative estimate of drug-likeness (QED) is 0.928. The highest BCUT2D eigenvalue weighted by atomic mass is 79.9. The minimum absolute atomic E-state index is 0.0689. The molecule has 0 aliphatic heterocycles. The maximum absolute atomic E-state index is 13.2. The Bertz CT molecular complexity index is 575. The molecule has 0 bridgehead atoms. The van der Waals surface area contributed by atoms with Crippen molar-refractivity contribution < 1.29 is 8.78 Å². The van der Waals surface area contributed by atoms with E-state index in [1.54, 1.807) is 25.4 Å². The van der Waals surface area contributed by atoms with E-state index in [1.165, 1.54) is 18.3 Å². The van der Waals surface area contributed by atoms with E-state index >= 15 is 0 Å². The number of aromatic nitrogens is 1. The van der Waals surface area contributed by atoms with Crippen molar-refractivity contribution in [2.75, 3.05) is 7.05 Å². The van der Waals surface area contributed by atoms with Gasteiger partial charge in [0.25, 0.3) is 0 Å². The number of likely N-dealkylation sites (N-methyl/N-ethyl adjacent to an activating group) is 1. The molecule has 1 aromatic carbocycles. The zero-order chi connectivity index (χ0) is 13.8. The highest BCUT2D eigenvalue weighted by Gasteiger charge is 2.12. The fraction of sp³-hybridized carbons (Fsp3) is 0.214. The Morgan fingerprint density at radius 3 is 2.68 bits per heavy atom. The van der Waals surface area contributed by atoms with Crippen molar-refractivity contribution in [1.82, 2.24) is 10.3 Å². The van der Waals surface area contributed by atoms with Gasteiger partial charge in [0.2, 0.25) is 0 Å². The summed E-state index contributed by atoms with van der Waals surface area (Å²) in [6.45, 7) is 0. The lowest BCUT2D eigenvalue weighted by Crippen LogP contribution is -2.19. The number of benzene rings is 1. The van der Waals surface area contributed by atoms with E-state index in [0.29, 0.717) is 10.9 Å². The van der Waals surface area contributed by atoms with Gasteiger partial charge in [-0.3, -0.25) is 4.98 Å². The van der Waals surface area contributed by atoms with Crippen molar-refractivity contribution in [3.8, 4) is 0 Å². The summed E-state index contributed by atoms with van der Waals surface area (Å²) >= 11 is 3.16. The van der Waals surface area contributed by atoms with Gasteiger partial charge in [-0.05, 0) is 58.7 Å². The van der Waals surface area contributed by atoms with E-state index in [0.717, 1.165) is 11.1 Å². The SMILES string of the molecule is CNC(Cc1ccc(F)c(Br)c1)c1cncc(F)c1. The van der Waals surface area contributed by atoms with Gasteiger partial charge in [-0.1, -0.05) is 6.07 Å². The topological polar surface area (TPSA) is 24.9 Å². The molecule has 0 spiro atoms. The van der Waals surface area contributed by atoms with Gasteiger partial charge in [0.15, 0.2) is 0 Å². The van der Waals surface area contributed by atoms with Crippen molar-refractivity contribution in [1.29, 1.82) is 0 Å². The number of nitrogens with one attached hydrogen (secondary N) is 1. The van der Waals surface area contributed by atoms with Crippen molar-refractivity contribution in [3.63, 3.8) is 0 Å². The molecule has 2 nitrogen and oxygen atoms in total. The lowest BCUT2D eigenvalue weighted by Gasteiger charge is -2.16. The second-order valence-electron chi connectivity index (χ2n) is 4.23. The first-order chi connectivity index (χ1) is 9.10. The zero-order valence-electron chi connectivity index (χ0n) is 10.3. The van der Waals surface area contributed by atoms with Crippen LogP contribution in [0.2, 0.25) is 0 Å². The maximum Gasteiger partial charge on any atom is 0.141 e. The largest absolute Gasteiger partial charge is 0.313 e. The van der Waals surface area contributed by atoms with Crippen LogP contribution < -0.4 is 5.32 Å². The lowest BCUT2D eigenvalue weighted by atomic mass is 10.0. The summed E-state index contributed by atoms with van der Waals surface area (Å²) in [6.07, 6.45) is 3.42. The van der Waals surface area contributed by atoms with Gasteiger partial charge in [0.1, 0.15) is 11.6 Å². The van der Waals surface area contributed by atoms with Crippen LogP contribution in [0.25, 0.3) is 0 Å². The fourth-order valence-corrected chi connectivity index (χ4v) is 2.33. The summed E-state index contributed by atoms with van der Waals surface area (Å²) in [5.74, 6) is -0.657. The third-order valence-electron chi connectivity index (χ3n) is 2.90. The second-order valence-corrected chi connectivity index (χ2v) is 5.08. The fourth-order valence-electron chi connectivity index (χ4n) is 1.91. The van der Waals surface area contributed by atoms with E-state index in [4.69, 9.17) is 0 Å². The standard InChI is InChI=1S/C14H13BrF2N2/c1-18-14(10-6-11(16)8-19-7-10)5-9-2-3-13(17)12(15)4-9/h2-4,6-8,14,18H,5H2,1H3. The van der Waals surface area contributed by atoms with Crippen LogP contribution in [0, 0.1) is 11.6 Å². The van der Waals surface area contributed by atoms with E-state index in [-0.39, 0.29) is 17.7 Å². The normalized spacial score (nSPS) is 12.4. The Morgan fingerprint density at radius 2 is 2.05 bits per heavy atom. The van der Waals surface area contributed by atoms with Crippen molar-refractivity contribution in [2.45, 2.75) is 12.5 Å². The molecule has 0 amide bonds. The van der Waals surface area contributed by atoms with Crippen LogP contribution in [0.5, 0.6) is 0 Å². The molecule has 100 valence electrons. The molecule has 1 unspecified atom stereocenters. The average molecular weight is 327 g/mol. The van der Waals surface area contributed by atoms with Crippen LogP contribution >= 0.6 is 15.9 Å². The van der Waals surface area contributed by atoms with E-state index in [1.807, 2.05) is 0 Å². The van der Waals surface area contributed by atoms with Gasteiger partial charge >= 0.3 is 0 Å². The molecule has 0 saturated carbocycles. The van der Waals surface area contributed by atoms with E-state index in [9.17, 15) is 8.78 Å². The first-order valence-electron chi connectivity index (χ1n) is 5.82. The zero-order valence-corrected chi connectivity index (χ0v) is 11.9.